The van der Waals surface area contributed by atoms with Crippen LogP contribution in [0.25, 0.3) is 0 Å². The van der Waals surface area contributed by atoms with E-state index in [9.17, 15) is 9.18 Å². The fourth-order valence-electron chi connectivity index (χ4n) is 6.11. The monoisotopic (exact) mass is 565 g/mol. The largest absolute Gasteiger partial charge is 0.451 e. The second-order valence-electron chi connectivity index (χ2n) is 11.9. The highest BCUT2D eigenvalue weighted by atomic mass is 19.1. The van der Waals surface area contributed by atoms with Gasteiger partial charge in [0, 0.05) is 43.7 Å². The van der Waals surface area contributed by atoms with Crippen LogP contribution in [0.4, 0.5) is 10.2 Å². The Morgan fingerprint density at radius 1 is 1.29 bits per heavy atom. The topological polar surface area (TPSA) is 121 Å². The summed E-state index contributed by atoms with van der Waals surface area (Å²) in [6, 6.07) is 5.98. The first-order chi connectivity index (χ1) is 19.8. The van der Waals surface area contributed by atoms with Crippen molar-refractivity contribution in [2.24, 2.45) is 11.1 Å². The maximum absolute atomic E-state index is 14.3. The Bertz CT molecular complexity index is 1240. The number of nitrogens with zero attached hydrogens (tertiary/aromatic N) is 6. The van der Waals surface area contributed by atoms with Crippen LogP contribution in [0.15, 0.2) is 30.7 Å². The van der Waals surface area contributed by atoms with Crippen molar-refractivity contribution in [2.75, 3.05) is 50.8 Å². The molecular weight excluding hydrogens is 525 g/mol. The van der Waals surface area contributed by atoms with Crippen molar-refractivity contribution in [2.45, 2.75) is 64.1 Å². The maximum Gasteiger partial charge on any atom is 0.258 e. The van der Waals surface area contributed by atoms with E-state index in [1.165, 1.54) is 24.5 Å². The van der Waals surface area contributed by atoms with E-state index in [0.717, 1.165) is 58.4 Å². The van der Waals surface area contributed by atoms with E-state index in [1.807, 2.05) is 13.8 Å². The van der Waals surface area contributed by atoms with E-state index in [4.69, 9.17) is 20.5 Å². The SMILES string of the molecule is CC(C)N(CCC#N)C(=O)c1cc(F)ccc1Oc1cncnc1N1CC2(CCN(C[C@@H]3CC[C@@H](N)CO3)CC2)C1. The van der Waals surface area contributed by atoms with Crippen LogP contribution in [-0.2, 0) is 4.74 Å². The Morgan fingerprint density at radius 3 is 2.76 bits per heavy atom. The van der Waals surface area contributed by atoms with E-state index in [-0.39, 0.29) is 53.8 Å². The minimum atomic E-state index is -0.538. The average molecular weight is 566 g/mol. The molecule has 3 saturated heterocycles. The first-order valence-corrected chi connectivity index (χ1v) is 14.6. The summed E-state index contributed by atoms with van der Waals surface area (Å²) < 4.78 is 26.4. The van der Waals surface area contributed by atoms with E-state index in [0.29, 0.717) is 18.2 Å². The van der Waals surface area contributed by atoms with E-state index < -0.39 is 5.82 Å². The van der Waals surface area contributed by atoms with E-state index in [2.05, 4.69) is 25.8 Å². The highest BCUT2D eigenvalue weighted by Crippen LogP contribution is 2.45. The van der Waals surface area contributed by atoms with Crippen molar-refractivity contribution in [1.29, 1.82) is 5.26 Å². The maximum atomic E-state index is 14.3. The Hall–Kier alpha value is -3.33. The summed E-state index contributed by atoms with van der Waals surface area (Å²) in [6.45, 7) is 9.44. The molecule has 3 aliphatic heterocycles. The third-order valence-electron chi connectivity index (χ3n) is 8.54. The molecule has 4 heterocycles. The van der Waals surface area contributed by atoms with Gasteiger partial charge in [0.15, 0.2) is 11.6 Å². The zero-order valence-corrected chi connectivity index (χ0v) is 24.0. The average Bonchev–Trinajstić information content (AvgIpc) is 2.95. The molecule has 2 N–H and O–H groups in total. The molecule has 220 valence electrons. The van der Waals surface area contributed by atoms with Crippen molar-refractivity contribution < 1.29 is 18.7 Å². The van der Waals surface area contributed by atoms with Gasteiger partial charge in [0.2, 0.25) is 0 Å². The molecule has 1 aromatic carbocycles. The van der Waals surface area contributed by atoms with E-state index in [1.54, 1.807) is 11.1 Å². The van der Waals surface area contributed by atoms with Crippen molar-refractivity contribution in [1.82, 2.24) is 19.8 Å². The van der Waals surface area contributed by atoms with Crippen molar-refractivity contribution in [3.05, 3.63) is 42.1 Å². The first-order valence-electron chi connectivity index (χ1n) is 14.6. The van der Waals surface area contributed by atoms with Crippen LogP contribution in [-0.4, -0.2) is 89.7 Å². The normalized spacial score (nSPS) is 22.3. The van der Waals surface area contributed by atoms with Gasteiger partial charge in [-0.2, -0.15) is 5.26 Å². The number of halogens is 1. The van der Waals surface area contributed by atoms with Gasteiger partial charge in [0.1, 0.15) is 17.9 Å². The summed E-state index contributed by atoms with van der Waals surface area (Å²) >= 11 is 0. The highest BCUT2D eigenvalue weighted by molar-refractivity contribution is 5.97. The molecule has 10 nitrogen and oxygen atoms in total. The lowest BCUT2D eigenvalue weighted by molar-refractivity contribution is -0.0277. The molecule has 1 spiro atoms. The molecule has 1 amide bonds. The summed E-state index contributed by atoms with van der Waals surface area (Å²) in [5, 5.41) is 9.03. The Kier molecular flexibility index (Phi) is 9.02. The number of carbonyl (C=O) groups is 1. The molecule has 5 rings (SSSR count). The van der Waals surface area contributed by atoms with Gasteiger partial charge in [-0.3, -0.25) is 4.79 Å². The summed E-state index contributed by atoms with van der Waals surface area (Å²) in [5.41, 5.74) is 6.31. The number of carbonyl (C=O) groups excluding carboxylic acids is 1. The third-order valence-corrected chi connectivity index (χ3v) is 8.54. The molecular formula is C30H40FN7O3. The van der Waals surface area contributed by atoms with Crippen LogP contribution in [0.5, 0.6) is 11.5 Å². The van der Waals surface area contributed by atoms with Crippen LogP contribution in [0.1, 0.15) is 56.3 Å². The number of likely N-dealkylation sites (tertiary alicyclic amines) is 1. The second-order valence-corrected chi connectivity index (χ2v) is 11.9. The second kappa shape index (κ2) is 12.7. The number of benzene rings is 1. The van der Waals surface area contributed by atoms with E-state index >= 15 is 0 Å². The molecule has 3 fully saturated rings. The fourth-order valence-corrected chi connectivity index (χ4v) is 6.11. The number of ether oxygens (including phenoxy) is 2. The van der Waals surface area contributed by atoms with Gasteiger partial charge in [0.05, 0.1) is 37.0 Å². The van der Waals surface area contributed by atoms with Crippen LogP contribution in [0.3, 0.4) is 0 Å². The number of amides is 1. The standard InChI is InChI=1S/C30H40FN7O3/c1-21(2)38(11-3-10-32)29(39)25-14-22(31)4-7-26(25)41-27-15-34-20-35-28(27)37-18-30(19-37)8-12-36(13-9-30)16-24-6-5-23(33)17-40-24/h4,7,14-15,20-21,23-24H,3,5-6,8-9,11-13,16-19,33H2,1-2H3/t23-,24+/m1/s1. The lowest BCUT2D eigenvalue weighted by Crippen LogP contribution is -2.61. The van der Waals surface area contributed by atoms with Gasteiger partial charge in [-0.15, -0.1) is 0 Å². The summed E-state index contributed by atoms with van der Waals surface area (Å²) in [6.07, 6.45) is 7.83. The van der Waals surface area contributed by atoms with Gasteiger partial charge < -0.3 is 29.9 Å². The van der Waals surface area contributed by atoms with Gasteiger partial charge in [-0.05, 0) is 70.8 Å². The molecule has 0 aliphatic carbocycles. The minimum Gasteiger partial charge on any atom is -0.451 e. The third kappa shape index (κ3) is 6.77. The number of anilines is 1. The predicted octanol–water partition coefficient (Wildman–Crippen LogP) is 3.58. The fraction of sp³-hybridized carbons (Fsp3) is 0.600. The highest BCUT2D eigenvalue weighted by Gasteiger charge is 2.46. The van der Waals surface area contributed by atoms with Gasteiger partial charge in [-0.1, -0.05) is 0 Å². The number of nitrogens with two attached hydrogens (primary N) is 1. The predicted molar refractivity (Wildman–Crippen MR) is 152 cm³/mol. The number of nitriles is 1. The van der Waals surface area contributed by atoms with Crippen molar-refractivity contribution in [3.8, 4) is 17.6 Å². The number of rotatable bonds is 9. The summed E-state index contributed by atoms with van der Waals surface area (Å²) in [4.78, 5) is 28.3. The number of aromatic nitrogens is 2. The number of piperidine rings is 1. The van der Waals surface area contributed by atoms with Gasteiger partial charge in [-0.25, -0.2) is 14.4 Å². The summed E-state index contributed by atoms with van der Waals surface area (Å²) in [7, 11) is 0. The Balaban J connectivity index is 1.24. The summed E-state index contributed by atoms with van der Waals surface area (Å²) in [5.74, 6) is 0.377. The Labute approximate surface area is 241 Å². The molecule has 0 bridgehead atoms. The van der Waals surface area contributed by atoms with Crippen LogP contribution < -0.4 is 15.4 Å². The van der Waals surface area contributed by atoms with Crippen LogP contribution in [0, 0.1) is 22.6 Å². The zero-order chi connectivity index (χ0) is 29.0. The number of hydrogen-bond acceptors (Lipinski definition) is 9. The zero-order valence-electron chi connectivity index (χ0n) is 24.0. The lowest BCUT2D eigenvalue weighted by Gasteiger charge is -2.54. The van der Waals surface area contributed by atoms with Gasteiger partial charge in [0.25, 0.3) is 5.91 Å². The molecule has 0 unspecified atom stereocenters. The minimum absolute atomic E-state index is 0.0998. The molecule has 3 aliphatic rings. The molecule has 0 saturated carbocycles. The molecule has 11 heteroatoms. The molecule has 1 aromatic heterocycles. The van der Waals surface area contributed by atoms with Crippen molar-refractivity contribution in [3.63, 3.8) is 0 Å². The lowest BCUT2D eigenvalue weighted by atomic mass is 9.72. The molecule has 2 aromatic rings. The number of hydrogen-bond donors (Lipinski definition) is 1. The molecule has 41 heavy (non-hydrogen) atoms. The molecule has 2 atom stereocenters. The van der Waals surface area contributed by atoms with Crippen LogP contribution >= 0.6 is 0 Å². The first kappa shape index (κ1) is 29.2. The smallest absolute Gasteiger partial charge is 0.258 e. The van der Waals surface area contributed by atoms with Crippen LogP contribution in [0.2, 0.25) is 0 Å². The quantitative estimate of drug-likeness (QED) is 0.486. The Morgan fingerprint density at radius 2 is 2.07 bits per heavy atom. The van der Waals surface area contributed by atoms with Gasteiger partial charge >= 0.3 is 0 Å². The molecule has 0 radical (unpaired) electrons. The van der Waals surface area contributed by atoms with Crippen molar-refractivity contribution >= 4 is 11.7 Å².